The van der Waals surface area contributed by atoms with Gasteiger partial charge in [0.25, 0.3) is 0 Å². The van der Waals surface area contributed by atoms with Crippen molar-refractivity contribution in [3.05, 3.63) is 34.9 Å². The molecule has 0 spiro atoms. The molecule has 1 saturated heterocycles. The van der Waals surface area contributed by atoms with E-state index in [4.69, 9.17) is 11.6 Å². The predicted octanol–water partition coefficient (Wildman–Crippen LogP) is 2.86. The molecule has 3 amide bonds. The van der Waals surface area contributed by atoms with Gasteiger partial charge in [0.2, 0.25) is 17.7 Å². The molecular weight excluding hydrogens is 340 g/mol. The van der Waals surface area contributed by atoms with Crippen LogP contribution in [0.2, 0.25) is 5.02 Å². The number of amides is 3. The number of nitrogens with zero attached hydrogens (tertiary/aromatic N) is 2. The van der Waals surface area contributed by atoms with Crippen molar-refractivity contribution in [2.75, 3.05) is 13.6 Å². The van der Waals surface area contributed by atoms with E-state index in [0.29, 0.717) is 11.6 Å². The molecule has 1 aromatic rings. The van der Waals surface area contributed by atoms with Crippen molar-refractivity contribution >= 4 is 29.3 Å². The Kier molecular flexibility index (Phi) is 5.42. The SMILES string of the molecule is CN(Cc1ccccc1Cl)C(=O)CCN1C(=O)C2CCCCC2C1=O. The first kappa shape index (κ1) is 17.9. The first-order chi connectivity index (χ1) is 12.0. The number of imide groups is 1. The highest BCUT2D eigenvalue weighted by atomic mass is 35.5. The summed E-state index contributed by atoms with van der Waals surface area (Å²) >= 11 is 6.13. The van der Waals surface area contributed by atoms with Gasteiger partial charge in [-0.3, -0.25) is 19.3 Å². The number of halogens is 1. The summed E-state index contributed by atoms with van der Waals surface area (Å²) < 4.78 is 0. The molecular formula is C19H23ClN2O3. The van der Waals surface area contributed by atoms with Gasteiger partial charge in [-0.2, -0.15) is 0 Å². The molecule has 6 heteroatoms. The molecule has 2 aliphatic rings. The predicted molar refractivity (Wildman–Crippen MR) is 94.7 cm³/mol. The lowest BCUT2D eigenvalue weighted by Crippen LogP contribution is -2.36. The van der Waals surface area contributed by atoms with Gasteiger partial charge in [-0.1, -0.05) is 42.6 Å². The minimum Gasteiger partial charge on any atom is -0.341 e. The van der Waals surface area contributed by atoms with Crippen LogP contribution >= 0.6 is 11.6 Å². The number of hydrogen-bond acceptors (Lipinski definition) is 3. The van der Waals surface area contributed by atoms with Gasteiger partial charge in [0.15, 0.2) is 0 Å². The van der Waals surface area contributed by atoms with Crippen LogP contribution in [0.4, 0.5) is 0 Å². The van der Waals surface area contributed by atoms with Crippen molar-refractivity contribution in [2.45, 2.75) is 38.6 Å². The fourth-order valence-electron chi connectivity index (χ4n) is 3.82. The minimum absolute atomic E-state index is 0.0868. The van der Waals surface area contributed by atoms with Crippen LogP contribution < -0.4 is 0 Å². The summed E-state index contributed by atoms with van der Waals surface area (Å²) in [5.41, 5.74) is 0.874. The average molecular weight is 363 g/mol. The lowest BCUT2D eigenvalue weighted by Gasteiger charge is -2.20. The molecule has 2 unspecified atom stereocenters. The maximum Gasteiger partial charge on any atom is 0.233 e. The van der Waals surface area contributed by atoms with Crippen LogP contribution in [0.5, 0.6) is 0 Å². The highest BCUT2D eigenvalue weighted by molar-refractivity contribution is 6.31. The van der Waals surface area contributed by atoms with E-state index in [1.807, 2.05) is 18.2 Å². The summed E-state index contributed by atoms with van der Waals surface area (Å²) in [7, 11) is 1.71. The number of carbonyl (C=O) groups is 3. The zero-order valence-corrected chi connectivity index (χ0v) is 15.2. The number of hydrogen-bond donors (Lipinski definition) is 0. The zero-order chi connectivity index (χ0) is 18.0. The summed E-state index contributed by atoms with van der Waals surface area (Å²) in [5, 5.41) is 0.621. The van der Waals surface area contributed by atoms with Crippen molar-refractivity contribution in [1.29, 1.82) is 0 Å². The van der Waals surface area contributed by atoms with Crippen LogP contribution in [0.15, 0.2) is 24.3 Å². The van der Waals surface area contributed by atoms with Gasteiger partial charge in [-0.05, 0) is 24.5 Å². The molecule has 1 aliphatic carbocycles. The summed E-state index contributed by atoms with van der Waals surface area (Å²) in [6.45, 7) is 0.585. The molecule has 0 bridgehead atoms. The summed E-state index contributed by atoms with van der Waals surface area (Å²) in [5.74, 6) is -0.586. The number of benzene rings is 1. The Morgan fingerprint density at radius 3 is 2.36 bits per heavy atom. The number of likely N-dealkylation sites (tertiary alicyclic amines) is 1. The highest BCUT2D eigenvalue weighted by Gasteiger charge is 2.47. The summed E-state index contributed by atoms with van der Waals surface area (Å²) in [4.78, 5) is 40.1. The van der Waals surface area contributed by atoms with Crippen LogP contribution in [-0.2, 0) is 20.9 Å². The van der Waals surface area contributed by atoms with Gasteiger partial charge in [-0.15, -0.1) is 0 Å². The van der Waals surface area contributed by atoms with E-state index in [-0.39, 0.29) is 42.5 Å². The summed E-state index contributed by atoms with van der Waals surface area (Å²) in [6.07, 6.45) is 3.76. The van der Waals surface area contributed by atoms with Crippen LogP contribution in [0, 0.1) is 11.8 Å². The first-order valence-electron chi connectivity index (χ1n) is 8.81. The van der Waals surface area contributed by atoms with Crippen LogP contribution in [0.1, 0.15) is 37.7 Å². The molecule has 2 atom stereocenters. The van der Waals surface area contributed by atoms with Gasteiger partial charge in [-0.25, -0.2) is 0 Å². The molecule has 1 saturated carbocycles. The Labute approximate surface area is 152 Å². The average Bonchev–Trinajstić information content (AvgIpc) is 2.86. The lowest BCUT2D eigenvalue weighted by molar-refractivity contribution is -0.140. The molecule has 0 radical (unpaired) electrons. The first-order valence-corrected chi connectivity index (χ1v) is 9.19. The Hall–Kier alpha value is -1.88. The summed E-state index contributed by atoms with van der Waals surface area (Å²) in [6, 6.07) is 7.39. The third-order valence-corrected chi connectivity index (χ3v) is 5.64. The van der Waals surface area contributed by atoms with E-state index in [2.05, 4.69) is 0 Å². The normalized spacial score (nSPS) is 22.9. The van der Waals surface area contributed by atoms with E-state index < -0.39 is 0 Å². The third kappa shape index (κ3) is 3.71. The third-order valence-electron chi connectivity index (χ3n) is 5.27. The van der Waals surface area contributed by atoms with Gasteiger partial charge < -0.3 is 4.90 Å². The number of rotatable bonds is 5. The lowest BCUT2D eigenvalue weighted by atomic mass is 9.81. The molecule has 25 heavy (non-hydrogen) atoms. The highest BCUT2D eigenvalue weighted by Crippen LogP contribution is 2.38. The molecule has 0 aromatic heterocycles. The molecule has 3 rings (SSSR count). The fraction of sp³-hybridized carbons (Fsp3) is 0.526. The molecule has 134 valence electrons. The Morgan fingerprint density at radius 1 is 1.16 bits per heavy atom. The van der Waals surface area contributed by atoms with Gasteiger partial charge in [0, 0.05) is 31.6 Å². The second kappa shape index (κ2) is 7.56. The molecule has 1 aliphatic heterocycles. The second-order valence-electron chi connectivity index (χ2n) is 6.92. The van der Waals surface area contributed by atoms with E-state index in [1.165, 1.54) is 4.90 Å². The van der Waals surface area contributed by atoms with Crippen molar-refractivity contribution in [2.24, 2.45) is 11.8 Å². The van der Waals surface area contributed by atoms with Gasteiger partial charge >= 0.3 is 0 Å². The van der Waals surface area contributed by atoms with Crippen LogP contribution in [0.3, 0.4) is 0 Å². The Balaban J connectivity index is 1.56. The Bertz CT molecular complexity index is 667. The second-order valence-corrected chi connectivity index (χ2v) is 7.32. The van der Waals surface area contributed by atoms with Crippen LogP contribution in [-0.4, -0.2) is 41.1 Å². The molecule has 0 N–H and O–H groups in total. The van der Waals surface area contributed by atoms with Crippen molar-refractivity contribution in [3.8, 4) is 0 Å². The quantitative estimate of drug-likeness (QED) is 0.757. The molecule has 1 heterocycles. The van der Waals surface area contributed by atoms with Gasteiger partial charge in [0.1, 0.15) is 0 Å². The standard InChI is InChI=1S/C19H23ClN2O3/c1-21(12-13-6-2-5-9-16(13)20)17(23)10-11-22-18(24)14-7-3-4-8-15(14)19(22)25/h2,5-6,9,14-15H,3-4,7-8,10-12H2,1H3. The largest absolute Gasteiger partial charge is 0.341 e. The minimum atomic E-state index is -0.155. The van der Waals surface area contributed by atoms with Crippen molar-refractivity contribution in [1.82, 2.24) is 9.80 Å². The van der Waals surface area contributed by atoms with Crippen molar-refractivity contribution in [3.63, 3.8) is 0 Å². The Morgan fingerprint density at radius 2 is 1.76 bits per heavy atom. The molecule has 1 aromatic carbocycles. The van der Waals surface area contributed by atoms with E-state index in [0.717, 1.165) is 31.2 Å². The zero-order valence-electron chi connectivity index (χ0n) is 14.4. The maximum absolute atomic E-state index is 12.4. The smallest absolute Gasteiger partial charge is 0.233 e. The molecule has 5 nitrogen and oxygen atoms in total. The van der Waals surface area contributed by atoms with E-state index >= 15 is 0 Å². The van der Waals surface area contributed by atoms with Crippen LogP contribution in [0.25, 0.3) is 0 Å². The van der Waals surface area contributed by atoms with E-state index in [1.54, 1.807) is 18.0 Å². The maximum atomic E-state index is 12.4. The van der Waals surface area contributed by atoms with Gasteiger partial charge in [0.05, 0.1) is 11.8 Å². The topological polar surface area (TPSA) is 57.7 Å². The number of carbonyl (C=O) groups excluding carboxylic acids is 3. The number of fused-ring (bicyclic) bond motifs is 1. The molecule has 2 fully saturated rings. The monoisotopic (exact) mass is 362 g/mol. The fourth-order valence-corrected chi connectivity index (χ4v) is 4.02. The van der Waals surface area contributed by atoms with Crippen molar-refractivity contribution < 1.29 is 14.4 Å². The van der Waals surface area contributed by atoms with E-state index in [9.17, 15) is 14.4 Å².